The van der Waals surface area contributed by atoms with Crippen LogP contribution in [-0.4, -0.2) is 4.58 Å². The highest BCUT2D eigenvalue weighted by Gasteiger charge is 2.11. The van der Waals surface area contributed by atoms with Crippen molar-refractivity contribution in [2.45, 2.75) is 47.0 Å². The van der Waals surface area contributed by atoms with E-state index in [1.54, 1.807) is 0 Å². The Labute approximate surface area is 132 Å². The van der Waals surface area contributed by atoms with Crippen LogP contribution >= 0.6 is 23.5 Å². The van der Waals surface area contributed by atoms with Gasteiger partial charge in [-0.3, -0.25) is 0 Å². The largest absolute Gasteiger partial charge is 0.111 e. The molecule has 2 aromatic rings. The van der Waals surface area contributed by atoms with Crippen molar-refractivity contribution in [3.63, 3.8) is 0 Å². The van der Waals surface area contributed by atoms with Crippen LogP contribution in [0, 0.1) is 0 Å². The van der Waals surface area contributed by atoms with E-state index >= 15 is 0 Å². The summed E-state index contributed by atoms with van der Waals surface area (Å²) in [6.07, 6.45) is 3.30. The third-order valence-corrected chi connectivity index (χ3v) is 5.62. The van der Waals surface area contributed by atoms with E-state index in [2.05, 4.69) is 60.7 Å². The molecule has 0 bridgehead atoms. The summed E-state index contributed by atoms with van der Waals surface area (Å²) in [7, 11) is 0. The molecule has 0 aliphatic carbocycles. The lowest BCUT2D eigenvalue weighted by molar-refractivity contribution is 0.696. The fourth-order valence-corrected chi connectivity index (χ4v) is 4.60. The maximum absolute atomic E-state index is 7.65. The van der Waals surface area contributed by atoms with Gasteiger partial charge in [0.2, 0.25) is 0 Å². The summed E-state index contributed by atoms with van der Waals surface area (Å²) in [5, 5.41) is 0. The van der Waals surface area contributed by atoms with Gasteiger partial charge in [0.1, 0.15) is 0 Å². The molecule has 20 heavy (non-hydrogen) atoms. The molecule has 1 atom stereocenters. The highest BCUT2D eigenvalue weighted by Crippen LogP contribution is 2.38. The molecule has 0 nitrogen and oxygen atoms in total. The SMILES string of the molecule is [2H][C@H](C)CCCC(Sc1ccccc1)Sc1ccccc1. The van der Waals surface area contributed by atoms with Crippen LogP contribution < -0.4 is 0 Å². The molecule has 0 fully saturated rings. The second-order valence-corrected chi connectivity index (χ2v) is 7.48. The van der Waals surface area contributed by atoms with Crippen LogP contribution in [0.5, 0.6) is 0 Å². The van der Waals surface area contributed by atoms with Gasteiger partial charge in [0, 0.05) is 11.2 Å². The molecule has 0 heterocycles. The van der Waals surface area contributed by atoms with Crippen LogP contribution in [0.15, 0.2) is 70.5 Å². The van der Waals surface area contributed by atoms with Crippen molar-refractivity contribution in [2.24, 2.45) is 0 Å². The van der Waals surface area contributed by atoms with Crippen molar-refractivity contribution in [2.75, 3.05) is 0 Å². The zero-order valence-electron chi connectivity index (χ0n) is 12.9. The topological polar surface area (TPSA) is 0 Å². The third kappa shape index (κ3) is 5.64. The van der Waals surface area contributed by atoms with Gasteiger partial charge in [-0.15, -0.1) is 23.5 Å². The number of benzene rings is 2. The normalized spacial score (nSPS) is 13.2. The van der Waals surface area contributed by atoms with E-state index in [1.807, 2.05) is 30.4 Å². The summed E-state index contributed by atoms with van der Waals surface area (Å²) in [5.74, 6) is 0. The van der Waals surface area contributed by atoms with Gasteiger partial charge in [0.15, 0.2) is 0 Å². The fraction of sp³-hybridized carbons (Fsp3) is 0.333. The van der Waals surface area contributed by atoms with Crippen LogP contribution in [0.1, 0.15) is 34.0 Å². The molecular formula is C18H22S2. The predicted molar refractivity (Wildman–Crippen MR) is 92.5 cm³/mol. The lowest BCUT2D eigenvalue weighted by atomic mass is 10.2. The van der Waals surface area contributed by atoms with Gasteiger partial charge in [-0.2, -0.15) is 0 Å². The molecular weight excluding hydrogens is 280 g/mol. The first-order valence-electron chi connectivity index (χ1n) is 7.67. The number of thioether (sulfide) groups is 2. The molecule has 0 N–H and O–H groups in total. The van der Waals surface area contributed by atoms with Crippen LogP contribution in [0.2, 0.25) is 0 Å². The summed E-state index contributed by atoms with van der Waals surface area (Å²) in [6, 6.07) is 21.2. The van der Waals surface area contributed by atoms with Gasteiger partial charge in [0.05, 0.1) is 4.58 Å². The Kier molecular flexibility index (Phi) is 6.44. The van der Waals surface area contributed by atoms with E-state index in [4.69, 9.17) is 1.37 Å². The lowest BCUT2D eigenvalue weighted by Crippen LogP contribution is -1.97. The van der Waals surface area contributed by atoms with Crippen molar-refractivity contribution in [3.8, 4) is 0 Å². The summed E-state index contributed by atoms with van der Waals surface area (Å²) < 4.78 is 8.16. The zero-order valence-corrected chi connectivity index (χ0v) is 13.5. The van der Waals surface area contributed by atoms with Gasteiger partial charge in [-0.25, -0.2) is 0 Å². The van der Waals surface area contributed by atoms with Crippen LogP contribution in [0.3, 0.4) is 0 Å². The smallest absolute Gasteiger partial charge is 0.0596 e. The molecule has 0 amide bonds. The molecule has 0 aliphatic rings. The van der Waals surface area contributed by atoms with Crippen LogP contribution in [-0.2, 0) is 0 Å². The van der Waals surface area contributed by atoms with E-state index in [0.29, 0.717) is 4.58 Å². The Morgan fingerprint density at radius 1 is 0.850 bits per heavy atom. The van der Waals surface area contributed by atoms with Gasteiger partial charge in [0.25, 0.3) is 0 Å². The summed E-state index contributed by atoms with van der Waals surface area (Å²) in [4.78, 5) is 2.65. The predicted octanol–water partition coefficient (Wildman–Crippen LogP) is 6.48. The maximum atomic E-state index is 7.65. The van der Waals surface area contributed by atoms with Crippen LogP contribution in [0.25, 0.3) is 0 Å². The Hall–Kier alpha value is -0.860. The monoisotopic (exact) mass is 303 g/mol. The molecule has 0 unspecified atom stereocenters. The minimum Gasteiger partial charge on any atom is -0.111 e. The molecule has 0 aromatic heterocycles. The van der Waals surface area contributed by atoms with E-state index in [9.17, 15) is 0 Å². The van der Waals surface area contributed by atoms with Crippen molar-refractivity contribution in [1.82, 2.24) is 0 Å². The number of hydrogen-bond acceptors (Lipinski definition) is 2. The highest BCUT2D eigenvalue weighted by molar-refractivity contribution is 8.17. The number of hydrogen-bond donors (Lipinski definition) is 0. The van der Waals surface area contributed by atoms with E-state index in [1.165, 1.54) is 9.79 Å². The first kappa shape index (κ1) is 14.1. The highest BCUT2D eigenvalue weighted by atomic mass is 32.2. The van der Waals surface area contributed by atoms with Crippen LogP contribution in [0.4, 0.5) is 0 Å². The molecule has 2 heteroatoms. The van der Waals surface area contributed by atoms with E-state index in [-0.39, 0.29) is 6.40 Å². The van der Waals surface area contributed by atoms with Gasteiger partial charge in [-0.05, 0) is 30.7 Å². The Morgan fingerprint density at radius 3 is 1.80 bits per heavy atom. The average Bonchev–Trinajstić information content (AvgIpc) is 2.49. The van der Waals surface area contributed by atoms with Crippen molar-refractivity contribution < 1.29 is 1.37 Å². The van der Waals surface area contributed by atoms with Gasteiger partial charge < -0.3 is 0 Å². The fourth-order valence-electron chi connectivity index (χ4n) is 1.93. The third-order valence-electron chi connectivity index (χ3n) is 2.95. The Bertz CT molecular complexity index is 458. The minimum absolute atomic E-state index is 0.0501. The van der Waals surface area contributed by atoms with E-state index < -0.39 is 0 Å². The second kappa shape index (κ2) is 9.15. The molecule has 2 rings (SSSR count). The standard InChI is InChI=1S/C18H22S2/c1-2-3-6-15-18(19-16-11-7-4-8-12-16)20-17-13-9-5-10-14-17/h4-5,7-14,18H,2-3,6,15H2,1H3/i2D/t2-/m1/s1. The summed E-state index contributed by atoms with van der Waals surface area (Å²) >= 11 is 3.87. The molecule has 0 spiro atoms. The van der Waals surface area contributed by atoms with Gasteiger partial charge >= 0.3 is 0 Å². The maximum Gasteiger partial charge on any atom is 0.0596 e. The minimum atomic E-state index is 0.0501. The summed E-state index contributed by atoms with van der Waals surface area (Å²) in [6.45, 7) is 1.98. The zero-order chi connectivity index (χ0) is 14.9. The molecule has 106 valence electrons. The first-order chi connectivity index (χ1) is 10.2. The van der Waals surface area contributed by atoms with Crippen molar-refractivity contribution in [1.29, 1.82) is 0 Å². The molecule has 0 saturated carbocycles. The van der Waals surface area contributed by atoms with Crippen molar-refractivity contribution in [3.05, 3.63) is 60.7 Å². The first-order valence-corrected chi connectivity index (χ1v) is 8.85. The quantitative estimate of drug-likeness (QED) is 0.404. The summed E-state index contributed by atoms with van der Waals surface area (Å²) in [5.41, 5.74) is 0. The Morgan fingerprint density at radius 2 is 1.35 bits per heavy atom. The molecule has 0 saturated heterocycles. The average molecular weight is 304 g/mol. The molecule has 0 aliphatic heterocycles. The van der Waals surface area contributed by atoms with Gasteiger partial charge in [-0.1, -0.05) is 62.6 Å². The van der Waals surface area contributed by atoms with Crippen molar-refractivity contribution >= 4 is 23.5 Å². The lowest BCUT2D eigenvalue weighted by Gasteiger charge is -2.16. The molecule has 2 aromatic carbocycles. The second-order valence-electron chi connectivity index (χ2n) is 4.63. The van der Waals surface area contributed by atoms with E-state index in [0.717, 1.165) is 19.3 Å². The number of rotatable bonds is 8. The Balaban J connectivity index is 1.96. The molecule has 0 radical (unpaired) electrons.